The molecule has 3 aromatic rings. The number of aryl methyl sites for hydroxylation is 1. The number of hydrogen-bond donors (Lipinski definition) is 0. The highest BCUT2D eigenvalue weighted by Crippen LogP contribution is 2.35. The maximum absolute atomic E-state index is 14.2. The first-order valence-corrected chi connectivity index (χ1v) is 11.2. The van der Waals surface area contributed by atoms with Crippen LogP contribution in [0.5, 0.6) is 0 Å². The zero-order valence-corrected chi connectivity index (χ0v) is 18.8. The van der Waals surface area contributed by atoms with E-state index in [1.165, 1.54) is 48.2 Å². The van der Waals surface area contributed by atoms with Crippen LogP contribution in [0.25, 0.3) is 6.08 Å². The Morgan fingerprint density at radius 3 is 2.65 bits per heavy atom. The third-order valence-corrected chi connectivity index (χ3v) is 6.14. The first-order chi connectivity index (χ1) is 16.1. The number of carbonyl (C=O) groups is 2. The lowest BCUT2D eigenvalue weighted by Crippen LogP contribution is -2.34. The summed E-state index contributed by atoms with van der Waals surface area (Å²) in [4.78, 5) is 31.9. The van der Waals surface area contributed by atoms with E-state index in [1.807, 2.05) is 0 Å². The minimum Gasteiger partial charge on any atom is -0.309 e. The molecule has 0 atom stereocenters. The normalized spacial score (nSPS) is 13.7. The molecular formula is C24H19F4N3O2S. The molecule has 2 amide bonds. The fraction of sp³-hybridized carbons (Fsp3) is 0.208. The van der Waals surface area contributed by atoms with Crippen LogP contribution in [0.4, 0.5) is 34.1 Å². The van der Waals surface area contributed by atoms with Gasteiger partial charge in [0.25, 0.3) is 5.91 Å². The van der Waals surface area contributed by atoms with Gasteiger partial charge in [0.1, 0.15) is 5.82 Å². The number of thiazole rings is 1. The van der Waals surface area contributed by atoms with Crippen molar-refractivity contribution in [2.24, 2.45) is 0 Å². The van der Waals surface area contributed by atoms with Crippen molar-refractivity contribution in [2.75, 3.05) is 16.3 Å². The van der Waals surface area contributed by atoms with E-state index in [4.69, 9.17) is 0 Å². The quantitative estimate of drug-likeness (QED) is 0.335. The van der Waals surface area contributed by atoms with Crippen molar-refractivity contribution >= 4 is 45.7 Å². The molecule has 0 bridgehead atoms. The molecule has 0 radical (unpaired) electrons. The molecule has 1 aliphatic heterocycles. The molecule has 0 saturated heterocycles. The van der Waals surface area contributed by atoms with Crippen molar-refractivity contribution in [3.8, 4) is 0 Å². The largest absolute Gasteiger partial charge is 0.416 e. The number of rotatable bonds is 4. The van der Waals surface area contributed by atoms with Crippen molar-refractivity contribution in [3.05, 3.63) is 76.6 Å². The Morgan fingerprint density at radius 1 is 1.18 bits per heavy atom. The molecule has 0 N–H and O–H groups in total. The fourth-order valence-electron chi connectivity index (χ4n) is 3.74. The molecule has 2 heterocycles. The van der Waals surface area contributed by atoms with Gasteiger partial charge in [0, 0.05) is 30.6 Å². The van der Waals surface area contributed by atoms with Crippen LogP contribution in [0, 0.1) is 5.82 Å². The van der Waals surface area contributed by atoms with Crippen LogP contribution in [0.2, 0.25) is 0 Å². The lowest BCUT2D eigenvalue weighted by molar-refractivity contribution is -0.137. The van der Waals surface area contributed by atoms with Crippen LogP contribution >= 0.6 is 11.3 Å². The van der Waals surface area contributed by atoms with Gasteiger partial charge in [-0.15, -0.1) is 11.3 Å². The molecule has 0 spiro atoms. The monoisotopic (exact) mass is 489 g/mol. The third-order valence-electron chi connectivity index (χ3n) is 5.30. The predicted molar refractivity (Wildman–Crippen MR) is 122 cm³/mol. The standard InChI is InChI=1S/C24H19F4N3O2S/c1-15(32)31(21-7-3-2-6-19(21)25)23-29-18(14-34-23)9-11-22(33)30-12-4-5-16-13-17(24(26,27)28)8-10-20(16)30/h2-3,6-11,13-14H,4-5,12H2,1H3/b11-9+. The van der Waals surface area contributed by atoms with Gasteiger partial charge in [-0.2, -0.15) is 13.2 Å². The van der Waals surface area contributed by atoms with Gasteiger partial charge in [0.15, 0.2) is 5.13 Å². The Balaban J connectivity index is 1.54. The second kappa shape index (κ2) is 9.38. The van der Waals surface area contributed by atoms with E-state index in [0.717, 1.165) is 28.4 Å². The van der Waals surface area contributed by atoms with Crippen molar-refractivity contribution in [1.82, 2.24) is 4.98 Å². The van der Waals surface area contributed by atoms with E-state index in [9.17, 15) is 27.2 Å². The van der Waals surface area contributed by atoms with E-state index in [2.05, 4.69) is 4.98 Å². The summed E-state index contributed by atoms with van der Waals surface area (Å²) in [5.74, 6) is -1.39. The summed E-state index contributed by atoms with van der Waals surface area (Å²) in [7, 11) is 0. The van der Waals surface area contributed by atoms with E-state index in [0.29, 0.717) is 36.3 Å². The first-order valence-electron chi connectivity index (χ1n) is 10.4. The predicted octanol–water partition coefficient (Wildman–Crippen LogP) is 5.98. The molecule has 4 rings (SSSR count). The Morgan fingerprint density at radius 2 is 1.94 bits per heavy atom. The highest BCUT2D eigenvalue weighted by Gasteiger charge is 2.32. The average molecular weight is 489 g/mol. The minimum absolute atomic E-state index is 0.0686. The zero-order valence-electron chi connectivity index (χ0n) is 18.0. The highest BCUT2D eigenvalue weighted by atomic mass is 32.1. The number of aromatic nitrogens is 1. The molecule has 2 aromatic carbocycles. The molecule has 0 fully saturated rings. The van der Waals surface area contributed by atoms with Gasteiger partial charge in [-0.25, -0.2) is 9.37 Å². The molecule has 1 aliphatic rings. The van der Waals surface area contributed by atoms with E-state index >= 15 is 0 Å². The van der Waals surface area contributed by atoms with Crippen LogP contribution in [-0.4, -0.2) is 23.3 Å². The summed E-state index contributed by atoms with van der Waals surface area (Å²) in [5, 5.41) is 1.86. The Bertz CT molecular complexity index is 1270. The Hall–Kier alpha value is -3.53. The van der Waals surface area contributed by atoms with Crippen LogP contribution in [0.3, 0.4) is 0 Å². The van der Waals surface area contributed by atoms with Crippen LogP contribution < -0.4 is 9.80 Å². The van der Waals surface area contributed by atoms with Crippen LogP contribution in [0.15, 0.2) is 53.9 Å². The summed E-state index contributed by atoms with van der Waals surface area (Å²) in [6.45, 7) is 1.68. The fourth-order valence-corrected chi connectivity index (χ4v) is 4.59. The molecular weight excluding hydrogens is 470 g/mol. The van der Waals surface area contributed by atoms with Gasteiger partial charge in [0.2, 0.25) is 5.91 Å². The van der Waals surface area contributed by atoms with Gasteiger partial charge in [-0.3, -0.25) is 14.5 Å². The van der Waals surface area contributed by atoms with Crippen molar-refractivity contribution in [1.29, 1.82) is 0 Å². The van der Waals surface area contributed by atoms with Crippen LogP contribution in [-0.2, 0) is 22.2 Å². The van der Waals surface area contributed by atoms with Gasteiger partial charge in [-0.05, 0) is 54.8 Å². The Kier molecular flexibility index (Phi) is 6.52. The zero-order chi connectivity index (χ0) is 24.5. The number of benzene rings is 2. The van der Waals surface area contributed by atoms with Gasteiger partial charge in [-0.1, -0.05) is 12.1 Å². The summed E-state index contributed by atoms with van der Waals surface area (Å²) in [6, 6.07) is 9.21. The van der Waals surface area contributed by atoms with Gasteiger partial charge in [0.05, 0.1) is 16.9 Å². The number of carbonyl (C=O) groups excluding carboxylic acids is 2. The van der Waals surface area contributed by atoms with Crippen molar-refractivity contribution in [2.45, 2.75) is 25.9 Å². The van der Waals surface area contributed by atoms with Crippen molar-refractivity contribution < 1.29 is 27.2 Å². The minimum atomic E-state index is -4.44. The number of halogens is 4. The maximum Gasteiger partial charge on any atom is 0.416 e. The summed E-state index contributed by atoms with van der Waals surface area (Å²) in [6.07, 6.45) is -0.697. The Labute approximate surface area is 196 Å². The number of amides is 2. The topological polar surface area (TPSA) is 53.5 Å². The average Bonchev–Trinajstić information content (AvgIpc) is 3.25. The molecule has 1 aromatic heterocycles. The SMILES string of the molecule is CC(=O)N(c1nc(/C=C/C(=O)N2CCCc3cc(C(F)(F)F)ccc32)cs1)c1ccccc1F. The number of anilines is 3. The van der Waals surface area contributed by atoms with E-state index in [1.54, 1.807) is 11.4 Å². The van der Waals surface area contributed by atoms with E-state index in [-0.39, 0.29) is 10.8 Å². The molecule has 0 unspecified atom stereocenters. The summed E-state index contributed by atoms with van der Waals surface area (Å²) >= 11 is 1.11. The lowest BCUT2D eigenvalue weighted by atomic mass is 9.99. The maximum atomic E-state index is 14.2. The molecule has 34 heavy (non-hydrogen) atoms. The summed E-state index contributed by atoms with van der Waals surface area (Å²) in [5.41, 5.74) is 0.645. The molecule has 0 aliphatic carbocycles. The number of fused-ring (bicyclic) bond motifs is 1. The number of nitrogens with zero attached hydrogens (tertiary/aromatic N) is 3. The second-order valence-corrected chi connectivity index (χ2v) is 8.47. The molecule has 176 valence electrons. The number of alkyl halides is 3. The van der Waals surface area contributed by atoms with Gasteiger partial charge >= 0.3 is 6.18 Å². The summed E-state index contributed by atoms with van der Waals surface area (Å²) < 4.78 is 53.3. The van der Waals surface area contributed by atoms with Crippen LogP contribution in [0.1, 0.15) is 30.2 Å². The second-order valence-electron chi connectivity index (χ2n) is 7.63. The third kappa shape index (κ3) is 4.86. The molecule has 10 heteroatoms. The van der Waals surface area contributed by atoms with Gasteiger partial charge < -0.3 is 4.90 Å². The molecule has 0 saturated carbocycles. The first kappa shape index (κ1) is 23.6. The smallest absolute Gasteiger partial charge is 0.309 e. The van der Waals surface area contributed by atoms with E-state index < -0.39 is 29.4 Å². The number of para-hydroxylation sites is 1. The van der Waals surface area contributed by atoms with Crippen molar-refractivity contribution in [3.63, 3.8) is 0 Å². The number of hydrogen-bond acceptors (Lipinski definition) is 4. The lowest BCUT2D eigenvalue weighted by Gasteiger charge is -2.29. The molecule has 5 nitrogen and oxygen atoms in total. The highest BCUT2D eigenvalue weighted by molar-refractivity contribution is 7.14.